The second kappa shape index (κ2) is 5.60. The molecule has 0 unspecified atom stereocenters. The summed E-state index contributed by atoms with van der Waals surface area (Å²) >= 11 is 0. The number of rotatable bonds is 2. The number of hydrogen-bond donors (Lipinski definition) is 0. The van der Waals surface area contributed by atoms with E-state index in [-0.39, 0.29) is 18.0 Å². The summed E-state index contributed by atoms with van der Waals surface area (Å²) in [4.78, 5) is 13.6. The highest BCUT2D eigenvalue weighted by Crippen LogP contribution is 2.44. The van der Waals surface area contributed by atoms with E-state index in [2.05, 4.69) is 49.9 Å². The number of benzene rings is 2. The molecule has 0 aromatic heterocycles. The van der Waals surface area contributed by atoms with Crippen LogP contribution in [-0.2, 0) is 9.78 Å². The van der Waals surface area contributed by atoms with Crippen molar-refractivity contribution in [3.05, 3.63) is 71.8 Å². The van der Waals surface area contributed by atoms with Crippen LogP contribution in [-0.4, -0.2) is 10.4 Å². The van der Waals surface area contributed by atoms with Crippen molar-refractivity contribution in [2.75, 3.05) is 0 Å². The van der Waals surface area contributed by atoms with Gasteiger partial charge in [0.15, 0.2) is 12.5 Å². The van der Waals surface area contributed by atoms with Crippen molar-refractivity contribution in [1.29, 1.82) is 0 Å². The van der Waals surface area contributed by atoms with Crippen LogP contribution in [0.15, 0.2) is 60.7 Å². The minimum absolute atomic E-state index is 0.0858. The van der Waals surface area contributed by atoms with Gasteiger partial charge < -0.3 is 0 Å². The van der Waals surface area contributed by atoms with Gasteiger partial charge in [0.1, 0.15) is 0 Å². The van der Waals surface area contributed by atoms with Gasteiger partial charge in [0.25, 0.3) is 0 Å². The highest BCUT2D eigenvalue weighted by Gasteiger charge is 2.44. The lowest BCUT2D eigenvalue weighted by Gasteiger charge is -2.37. The molecule has 21 heavy (non-hydrogen) atoms. The van der Waals surface area contributed by atoms with Gasteiger partial charge in [-0.15, -0.1) is 0 Å². The van der Waals surface area contributed by atoms with Gasteiger partial charge in [-0.25, -0.2) is 14.7 Å². The van der Waals surface area contributed by atoms with E-state index >= 15 is 0 Å². The zero-order valence-electron chi connectivity index (χ0n) is 12.7. The molecule has 0 aliphatic carbocycles. The van der Waals surface area contributed by atoms with Gasteiger partial charge in [0.2, 0.25) is 0 Å². The minimum Gasteiger partial charge on any atom is -0.234 e. The maximum absolute atomic E-state index is 5.67. The molecule has 2 aromatic rings. The average molecular weight is 283 g/mol. The van der Waals surface area contributed by atoms with Crippen molar-refractivity contribution in [3.8, 4) is 0 Å². The van der Waals surface area contributed by atoms with E-state index in [9.17, 15) is 0 Å². The Morgan fingerprint density at radius 2 is 1.10 bits per heavy atom. The Bertz CT molecular complexity index is 530. The first-order chi connectivity index (χ1) is 10.1. The topological polar surface area (TPSA) is 21.7 Å². The molecule has 3 rings (SSSR count). The van der Waals surface area contributed by atoms with Crippen LogP contribution in [0, 0.1) is 0 Å². The predicted molar refractivity (Wildman–Crippen MR) is 82.1 cm³/mol. The van der Waals surface area contributed by atoms with Gasteiger partial charge in [-0.2, -0.15) is 0 Å². The van der Waals surface area contributed by atoms with Crippen molar-refractivity contribution in [2.45, 2.75) is 38.8 Å². The molecule has 0 spiro atoms. The lowest BCUT2D eigenvalue weighted by molar-refractivity contribution is -0.300. The van der Waals surface area contributed by atoms with Gasteiger partial charge in [0, 0.05) is 5.54 Å². The molecule has 0 amide bonds. The van der Waals surface area contributed by atoms with Gasteiger partial charge in [-0.3, -0.25) is 0 Å². The Hall–Kier alpha value is -1.68. The Morgan fingerprint density at radius 3 is 1.43 bits per heavy atom. The molecule has 3 heteroatoms. The summed E-state index contributed by atoms with van der Waals surface area (Å²) in [5.41, 5.74) is 2.12. The monoisotopic (exact) mass is 283 g/mol. The average Bonchev–Trinajstić information content (AvgIpc) is 2.94. The van der Waals surface area contributed by atoms with E-state index in [0.717, 1.165) is 11.1 Å². The maximum atomic E-state index is 5.67. The second-order valence-corrected chi connectivity index (χ2v) is 6.30. The Morgan fingerprint density at radius 1 is 0.714 bits per heavy atom. The largest absolute Gasteiger partial charge is 0.234 e. The van der Waals surface area contributed by atoms with Crippen LogP contribution >= 0.6 is 0 Å². The normalized spacial score (nSPS) is 23.4. The highest BCUT2D eigenvalue weighted by molar-refractivity contribution is 5.22. The Balaban J connectivity index is 1.97. The highest BCUT2D eigenvalue weighted by atomic mass is 17.2. The molecule has 0 N–H and O–H groups in total. The van der Waals surface area contributed by atoms with Crippen molar-refractivity contribution >= 4 is 0 Å². The molecule has 3 nitrogen and oxygen atoms in total. The molecule has 1 aliphatic rings. The Labute approximate surface area is 126 Å². The van der Waals surface area contributed by atoms with Crippen LogP contribution in [0.1, 0.15) is 44.4 Å². The summed E-state index contributed by atoms with van der Waals surface area (Å²) in [6.45, 7) is 6.53. The summed E-state index contributed by atoms with van der Waals surface area (Å²) in [6, 6.07) is 20.4. The van der Waals surface area contributed by atoms with Crippen LogP contribution < -0.4 is 0 Å². The molecule has 2 atom stereocenters. The fourth-order valence-electron chi connectivity index (χ4n) is 2.69. The van der Waals surface area contributed by atoms with E-state index in [1.165, 1.54) is 0 Å². The second-order valence-electron chi connectivity index (χ2n) is 6.30. The zero-order chi connectivity index (χ0) is 14.9. The fraction of sp³-hybridized carbons (Fsp3) is 0.333. The lowest BCUT2D eigenvalue weighted by Crippen LogP contribution is -2.42. The number of nitrogens with zero attached hydrogens (tertiary/aromatic N) is 1. The summed E-state index contributed by atoms with van der Waals surface area (Å²) in [5, 5.41) is 0. The van der Waals surface area contributed by atoms with Crippen molar-refractivity contribution in [2.24, 2.45) is 0 Å². The molecular formula is C18H21NO2. The Kier molecular flexibility index (Phi) is 3.81. The summed E-state index contributed by atoms with van der Waals surface area (Å²) in [7, 11) is 0. The van der Waals surface area contributed by atoms with Crippen LogP contribution in [0.25, 0.3) is 0 Å². The minimum atomic E-state index is -0.198. The van der Waals surface area contributed by atoms with Gasteiger partial charge in [-0.1, -0.05) is 60.7 Å². The third-order valence-corrected chi connectivity index (χ3v) is 3.69. The predicted octanol–water partition coefficient (Wildman–Crippen LogP) is 4.45. The van der Waals surface area contributed by atoms with Crippen molar-refractivity contribution < 1.29 is 9.78 Å². The zero-order valence-corrected chi connectivity index (χ0v) is 12.7. The summed E-state index contributed by atoms with van der Waals surface area (Å²) < 4.78 is 0. The molecular weight excluding hydrogens is 262 g/mol. The van der Waals surface area contributed by atoms with Gasteiger partial charge in [0.05, 0.1) is 0 Å². The molecule has 1 heterocycles. The maximum Gasteiger partial charge on any atom is 0.174 e. The van der Waals surface area contributed by atoms with Crippen LogP contribution in [0.4, 0.5) is 0 Å². The molecule has 1 saturated heterocycles. The molecule has 2 aromatic carbocycles. The van der Waals surface area contributed by atoms with Gasteiger partial charge >= 0.3 is 0 Å². The third kappa shape index (κ3) is 2.86. The first-order valence-corrected chi connectivity index (χ1v) is 7.28. The quantitative estimate of drug-likeness (QED) is 0.760. The lowest BCUT2D eigenvalue weighted by atomic mass is 10.0. The third-order valence-electron chi connectivity index (χ3n) is 3.69. The first-order valence-electron chi connectivity index (χ1n) is 7.28. The summed E-state index contributed by atoms with van der Waals surface area (Å²) in [5.74, 6) is 0. The van der Waals surface area contributed by atoms with Crippen LogP contribution in [0.5, 0.6) is 0 Å². The SMILES string of the molecule is CC(C)(C)N1[C@@H](c2ccccc2)OO[C@H]1c1ccccc1. The van der Waals surface area contributed by atoms with E-state index in [1.807, 2.05) is 36.4 Å². The number of hydrogen-bond acceptors (Lipinski definition) is 3. The fourth-order valence-corrected chi connectivity index (χ4v) is 2.69. The van der Waals surface area contributed by atoms with Crippen molar-refractivity contribution in [1.82, 2.24) is 4.90 Å². The van der Waals surface area contributed by atoms with E-state index in [4.69, 9.17) is 9.78 Å². The molecule has 0 bridgehead atoms. The van der Waals surface area contributed by atoms with Crippen LogP contribution in [0.3, 0.4) is 0 Å². The van der Waals surface area contributed by atoms with E-state index in [0.29, 0.717) is 0 Å². The molecule has 1 aliphatic heterocycles. The summed E-state index contributed by atoms with van der Waals surface area (Å²) in [6.07, 6.45) is -0.396. The molecule has 110 valence electrons. The van der Waals surface area contributed by atoms with Crippen molar-refractivity contribution in [3.63, 3.8) is 0 Å². The molecule has 0 radical (unpaired) electrons. The standard InChI is InChI=1S/C18H21NO2/c1-18(2,3)19-16(14-10-6-4-7-11-14)20-21-17(19)15-12-8-5-9-13-15/h4-13,16-17H,1-3H3/t16-,17+. The van der Waals surface area contributed by atoms with E-state index < -0.39 is 0 Å². The van der Waals surface area contributed by atoms with Gasteiger partial charge in [-0.05, 0) is 31.9 Å². The van der Waals surface area contributed by atoms with E-state index in [1.54, 1.807) is 0 Å². The molecule has 1 fully saturated rings. The first kappa shape index (κ1) is 14.3. The smallest absolute Gasteiger partial charge is 0.174 e. The molecule has 0 saturated carbocycles. The van der Waals surface area contributed by atoms with Crippen LogP contribution in [0.2, 0.25) is 0 Å².